The van der Waals surface area contributed by atoms with Gasteiger partial charge in [-0.2, -0.15) is 11.8 Å². The van der Waals surface area contributed by atoms with E-state index in [0.29, 0.717) is 0 Å². The summed E-state index contributed by atoms with van der Waals surface area (Å²) in [5.41, 5.74) is 0. The van der Waals surface area contributed by atoms with Crippen LogP contribution < -0.4 is 5.32 Å². The van der Waals surface area contributed by atoms with E-state index in [4.69, 9.17) is 0 Å². The number of hydrogen-bond donors (Lipinski definition) is 1. The zero-order valence-electron chi connectivity index (χ0n) is 9.30. The van der Waals surface area contributed by atoms with Crippen molar-refractivity contribution in [2.24, 2.45) is 5.92 Å². The fraction of sp³-hybridized carbons (Fsp3) is 1.00. The standard InChI is InChI=1S/C12H23NS/c1-2-3-5-10-6-4-7-12(10)13-11-8-14-9-11/h10-13H,2-9H2,1H3. The Morgan fingerprint density at radius 1 is 1.29 bits per heavy atom. The average molecular weight is 213 g/mol. The van der Waals surface area contributed by atoms with Crippen LogP contribution in [0.2, 0.25) is 0 Å². The molecule has 2 aliphatic rings. The monoisotopic (exact) mass is 213 g/mol. The molecular weight excluding hydrogens is 190 g/mol. The predicted molar refractivity (Wildman–Crippen MR) is 64.9 cm³/mol. The van der Waals surface area contributed by atoms with Gasteiger partial charge in [-0.05, 0) is 25.2 Å². The molecule has 0 radical (unpaired) electrons. The smallest absolute Gasteiger partial charge is 0.0251 e. The van der Waals surface area contributed by atoms with Gasteiger partial charge in [0.1, 0.15) is 0 Å². The first-order chi connectivity index (χ1) is 6.90. The van der Waals surface area contributed by atoms with E-state index in [-0.39, 0.29) is 0 Å². The fourth-order valence-corrected chi connectivity index (χ4v) is 3.37. The molecule has 1 aliphatic heterocycles. The molecule has 0 spiro atoms. The Morgan fingerprint density at radius 3 is 2.79 bits per heavy atom. The Kier molecular flexibility index (Phi) is 4.18. The van der Waals surface area contributed by atoms with Crippen LogP contribution in [0.5, 0.6) is 0 Å². The maximum absolute atomic E-state index is 3.85. The van der Waals surface area contributed by atoms with E-state index >= 15 is 0 Å². The van der Waals surface area contributed by atoms with E-state index in [2.05, 4.69) is 24.0 Å². The Labute approximate surface area is 92.4 Å². The first kappa shape index (κ1) is 10.8. The maximum Gasteiger partial charge on any atom is 0.0251 e. The van der Waals surface area contributed by atoms with E-state index in [1.165, 1.54) is 50.0 Å². The molecule has 0 bridgehead atoms. The van der Waals surface area contributed by atoms with Gasteiger partial charge in [0.25, 0.3) is 0 Å². The van der Waals surface area contributed by atoms with Crippen molar-refractivity contribution in [3.8, 4) is 0 Å². The molecule has 2 rings (SSSR count). The van der Waals surface area contributed by atoms with Gasteiger partial charge in [-0.15, -0.1) is 0 Å². The first-order valence-corrected chi connectivity index (χ1v) is 7.39. The molecule has 82 valence electrons. The van der Waals surface area contributed by atoms with Crippen LogP contribution in [0.15, 0.2) is 0 Å². The molecule has 0 aromatic carbocycles. The van der Waals surface area contributed by atoms with Gasteiger partial charge in [0, 0.05) is 23.6 Å². The molecule has 14 heavy (non-hydrogen) atoms. The lowest BCUT2D eigenvalue weighted by Crippen LogP contribution is -2.47. The van der Waals surface area contributed by atoms with Crippen LogP contribution >= 0.6 is 11.8 Å². The van der Waals surface area contributed by atoms with Crippen molar-refractivity contribution in [1.29, 1.82) is 0 Å². The maximum atomic E-state index is 3.85. The average Bonchev–Trinajstić information content (AvgIpc) is 2.55. The van der Waals surface area contributed by atoms with Gasteiger partial charge in [0.2, 0.25) is 0 Å². The van der Waals surface area contributed by atoms with Crippen LogP contribution in [0.25, 0.3) is 0 Å². The summed E-state index contributed by atoms with van der Waals surface area (Å²) in [5.74, 6) is 3.72. The Balaban J connectivity index is 1.71. The zero-order valence-corrected chi connectivity index (χ0v) is 10.1. The highest BCUT2D eigenvalue weighted by molar-refractivity contribution is 8.00. The predicted octanol–water partition coefficient (Wildman–Crippen LogP) is 3.05. The quantitative estimate of drug-likeness (QED) is 0.753. The molecule has 1 saturated carbocycles. The third-order valence-electron chi connectivity index (χ3n) is 3.68. The van der Waals surface area contributed by atoms with Crippen molar-refractivity contribution in [3.05, 3.63) is 0 Å². The summed E-state index contributed by atoms with van der Waals surface area (Å²) in [6.45, 7) is 2.31. The largest absolute Gasteiger partial charge is 0.309 e. The fourth-order valence-electron chi connectivity index (χ4n) is 2.70. The lowest BCUT2D eigenvalue weighted by Gasteiger charge is -2.32. The highest BCUT2D eigenvalue weighted by Gasteiger charge is 2.30. The number of unbranched alkanes of at least 4 members (excludes halogenated alkanes) is 1. The summed E-state index contributed by atoms with van der Waals surface area (Å²) in [6.07, 6.45) is 8.65. The van der Waals surface area contributed by atoms with Crippen molar-refractivity contribution >= 4 is 11.8 Å². The molecule has 1 heterocycles. The van der Waals surface area contributed by atoms with Crippen LogP contribution in [0.1, 0.15) is 45.4 Å². The van der Waals surface area contributed by atoms with E-state index in [1.807, 2.05) is 0 Å². The van der Waals surface area contributed by atoms with E-state index in [0.717, 1.165) is 18.0 Å². The molecule has 1 nitrogen and oxygen atoms in total. The SMILES string of the molecule is CCCCC1CCCC1NC1CSC1. The molecule has 0 aromatic heterocycles. The van der Waals surface area contributed by atoms with Crippen molar-refractivity contribution in [3.63, 3.8) is 0 Å². The Morgan fingerprint density at radius 2 is 2.14 bits per heavy atom. The van der Waals surface area contributed by atoms with Crippen molar-refractivity contribution < 1.29 is 0 Å². The Hall–Kier alpha value is 0.310. The molecule has 1 saturated heterocycles. The summed E-state index contributed by atoms with van der Waals surface area (Å²) < 4.78 is 0. The molecule has 1 aliphatic carbocycles. The lowest BCUT2D eigenvalue weighted by molar-refractivity contribution is 0.348. The van der Waals surface area contributed by atoms with Gasteiger partial charge in [-0.1, -0.05) is 26.2 Å². The molecular formula is C12H23NS. The van der Waals surface area contributed by atoms with Gasteiger partial charge < -0.3 is 5.32 Å². The van der Waals surface area contributed by atoms with Gasteiger partial charge in [-0.25, -0.2) is 0 Å². The molecule has 2 unspecified atom stereocenters. The first-order valence-electron chi connectivity index (χ1n) is 6.24. The van der Waals surface area contributed by atoms with Gasteiger partial charge >= 0.3 is 0 Å². The van der Waals surface area contributed by atoms with Crippen LogP contribution in [-0.4, -0.2) is 23.6 Å². The molecule has 0 aromatic rings. The second-order valence-corrected chi connectivity index (χ2v) is 5.92. The number of thioether (sulfide) groups is 1. The lowest BCUT2D eigenvalue weighted by atomic mass is 9.96. The van der Waals surface area contributed by atoms with E-state index in [1.54, 1.807) is 0 Å². The second-order valence-electron chi connectivity index (χ2n) is 4.84. The van der Waals surface area contributed by atoms with Gasteiger partial charge in [0.15, 0.2) is 0 Å². The third kappa shape index (κ3) is 2.66. The summed E-state index contributed by atoms with van der Waals surface area (Å²) in [4.78, 5) is 0. The number of nitrogens with one attached hydrogen (secondary N) is 1. The van der Waals surface area contributed by atoms with Gasteiger partial charge in [-0.3, -0.25) is 0 Å². The van der Waals surface area contributed by atoms with E-state index in [9.17, 15) is 0 Å². The molecule has 2 heteroatoms. The van der Waals surface area contributed by atoms with Crippen LogP contribution in [0.4, 0.5) is 0 Å². The Bertz CT molecular complexity index is 168. The molecule has 1 N–H and O–H groups in total. The normalized spacial score (nSPS) is 33.2. The molecule has 0 amide bonds. The van der Waals surface area contributed by atoms with Crippen molar-refractivity contribution in [2.75, 3.05) is 11.5 Å². The summed E-state index contributed by atoms with van der Waals surface area (Å²) in [6, 6.07) is 1.72. The summed E-state index contributed by atoms with van der Waals surface area (Å²) in [7, 11) is 0. The minimum Gasteiger partial charge on any atom is -0.309 e. The minimum atomic E-state index is 0.854. The molecule has 2 fully saturated rings. The minimum absolute atomic E-state index is 0.854. The van der Waals surface area contributed by atoms with E-state index < -0.39 is 0 Å². The summed E-state index contributed by atoms with van der Waals surface area (Å²) >= 11 is 2.09. The van der Waals surface area contributed by atoms with Crippen molar-refractivity contribution in [2.45, 2.75) is 57.5 Å². The zero-order chi connectivity index (χ0) is 9.80. The van der Waals surface area contributed by atoms with Crippen LogP contribution in [0, 0.1) is 5.92 Å². The molecule has 2 atom stereocenters. The highest BCUT2D eigenvalue weighted by Crippen LogP contribution is 2.31. The second kappa shape index (κ2) is 5.41. The van der Waals surface area contributed by atoms with Gasteiger partial charge in [0.05, 0.1) is 0 Å². The highest BCUT2D eigenvalue weighted by atomic mass is 32.2. The van der Waals surface area contributed by atoms with Crippen LogP contribution in [-0.2, 0) is 0 Å². The van der Waals surface area contributed by atoms with Crippen LogP contribution in [0.3, 0.4) is 0 Å². The van der Waals surface area contributed by atoms with Crippen molar-refractivity contribution in [1.82, 2.24) is 5.32 Å². The third-order valence-corrected chi connectivity index (χ3v) is 4.95. The topological polar surface area (TPSA) is 12.0 Å². The number of hydrogen-bond acceptors (Lipinski definition) is 2. The summed E-state index contributed by atoms with van der Waals surface area (Å²) in [5, 5.41) is 3.85. The number of rotatable bonds is 5.